The average molecular weight is 1080 g/mol. The number of amides is 1. The Morgan fingerprint density at radius 3 is 2.12 bits per heavy atom. The van der Waals surface area contributed by atoms with E-state index in [1.807, 2.05) is 53.7 Å². The molecular weight excluding hydrogens is 975 g/mol. The fourth-order valence-electron chi connectivity index (χ4n) is 9.39. The molecule has 1 aliphatic heterocycles. The second-order valence-corrected chi connectivity index (χ2v) is 21.9. The Bertz CT molecular complexity index is 1870. The molecule has 0 spiro atoms. The number of hydrogen-bond donors (Lipinski definition) is 2. The van der Waals surface area contributed by atoms with Crippen LogP contribution in [0, 0.1) is 41.4 Å². The van der Waals surface area contributed by atoms with Gasteiger partial charge in [-0.3, -0.25) is 29.0 Å². The number of cyclic esters (lactones) is 1. The Hall–Kier alpha value is -4.23. The van der Waals surface area contributed by atoms with E-state index in [2.05, 4.69) is 19.9 Å². The molecule has 1 unspecified atom stereocenters. The topological polar surface area (TPSA) is 200 Å². The Morgan fingerprint density at radius 2 is 1.54 bits per heavy atom. The summed E-state index contributed by atoms with van der Waals surface area (Å²) >= 11 is 0. The van der Waals surface area contributed by atoms with E-state index in [0.717, 1.165) is 18.4 Å². The van der Waals surface area contributed by atoms with Crippen molar-refractivity contribution in [3.63, 3.8) is 0 Å². The monoisotopic (exact) mass is 1080 g/mol. The molecule has 1 rings (SSSR count). The highest BCUT2D eigenvalue weighted by Crippen LogP contribution is 2.32. The third-order valence-corrected chi connectivity index (χ3v) is 15.2. The first-order chi connectivity index (χ1) is 35.7. The van der Waals surface area contributed by atoms with Crippen LogP contribution in [0.5, 0.6) is 0 Å². The van der Waals surface area contributed by atoms with Gasteiger partial charge in [0.2, 0.25) is 6.41 Å². The number of aliphatic hydroxyl groups excluding tert-OH is 2. The van der Waals surface area contributed by atoms with Crippen LogP contribution in [0.1, 0.15) is 121 Å². The summed E-state index contributed by atoms with van der Waals surface area (Å²) in [7, 11) is 13.6. The van der Waals surface area contributed by atoms with E-state index >= 15 is 0 Å². The fraction of sp³-hybridized carbons (Fsp3) is 0.746. The summed E-state index contributed by atoms with van der Waals surface area (Å²) in [5.74, 6) is -4.21. The van der Waals surface area contributed by atoms with Crippen LogP contribution in [-0.4, -0.2) is 179 Å². The van der Waals surface area contributed by atoms with Crippen LogP contribution in [0.15, 0.2) is 60.4 Å². The maximum atomic E-state index is 13.6. The van der Waals surface area contributed by atoms with Crippen molar-refractivity contribution in [1.29, 1.82) is 0 Å². The molecule has 17 heteroatoms. The third-order valence-electron chi connectivity index (χ3n) is 15.2. The maximum absolute atomic E-state index is 13.6. The summed E-state index contributed by atoms with van der Waals surface area (Å²) in [6.07, 6.45) is 15.5. The molecule has 0 fully saturated rings. The highest BCUT2D eigenvalue weighted by Gasteiger charge is 2.38. The van der Waals surface area contributed by atoms with Crippen molar-refractivity contribution in [3.05, 3.63) is 60.4 Å². The van der Waals surface area contributed by atoms with Crippen molar-refractivity contribution in [2.45, 2.75) is 182 Å². The SMILES string of the molecule is COCC(C(=O)O[C@@H]1C/C=C/C=C/C(=O)O[C@H]([C@@H](C)[C@@H](O)[C@@H](C)CC[C@@H](OC(=O)[C@H](C)N(C)C)[C@H](C)[C@H](OC(C)=O)[C@H](C)/C=C/N(C)C=O)C/C=C/[C@H](OC)C[C@H](C)C/C=C(\C)[C@@H](OC)CC[C@@H](C)[C@@H](O)[C@@H]1C)N(C)C. The predicted molar refractivity (Wildman–Crippen MR) is 297 cm³/mol. The van der Waals surface area contributed by atoms with Gasteiger partial charge in [-0.15, -0.1) is 0 Å². The number of carbonyl (C=O) groups excluding carboxylic acids is 5. The molecule has 0 radical (unpaired) electrons. The summed E-state index contributed by atoms with van der Waals surface area (Å²) in [6, 6.07) is -1.23. The molecule has 1 aliphatic rings. The molecular formula is C59H101N3O14. The van der Waals surface area contributed by atoms with Gasteiger partial charge in [0, 0.05) is 84.1 Å². The Balaban J connectivity index is 3.70. The number of ether oxygens (including phenoxy) is 7. The number of aliphatic hydroxyl groups is 2. The number of allylic oxidation sites excluding steroid dienone is 3. The summed E-state index contributed by atoms with van der Waals surface area (Å²) in [6.45, 7) is 18.8. The highest BCUT2D eigenvalue weighted by atomic mass is 16.6. The van der Waals surface area contributed by atoms with Gasteiger partial charge in [-0.1, -0.05) is 91.0 Å². The van der Waals surface area contributed by atoms with E-state index in [-0.39, 0.29) is 55.3 Å². The number of methoxy groups -OCH3 is 3. The molecule has 0 aromatic heterocycles. The van der Waals surface area contributed by atoms with Gasteiger partial charge in [0.1, 0.15) is 36.5 Å². The molecule has 436 valence electrons. The van der Waals surface area contributed by atoms with Gasteiger partial charge < -0.3 is 48.3 Å². The molecule has 17 atom stereocenters. The minimum absolute atomic E-state index is 0.129. The molecule has 0 saturated carbocycles. The Kier molecular flexibility index (Phi) is 33.8. The lowest BCUT2D eigenvalue weighted by Crippen LogP contribution is -2.44. The van der Waals surface area contributed by atoms with Crippen LogP contribution >= 0.6 is 0 Å². The quantitative estimate of drug-likeness (QED) is 0.0435. The van der Waals surface area contributed by atoms with Crippen LogP contribution in [-0.2, 0) is 57.1 Å². The lowest BCUT2D eigenvalue weighted by Gasteiger charge is -2.35. The zero-order valence-corrected chi connectivity index (χ0v) is 49.6. The summed E-state index contributed by atoms with van der Waals surface area (Å²) in [5, 5.41) is 23.8. The van der Waals surface area contributed by atoms with Gasteiger partial charge >= 0.3 is 23.9 Å². The third kappa shape index (κ3) is 25.1. The Labute approximate surface area is 457 Å². The fourth-order valence-corrected chi connectivity index (χ4v) is 9.39. The normalized spacial score (nSPS) is 28.6. The van der Waals surface area contributed by atoms with Crippen molar-refractivity contribution in [2.24, 2.45) is 41.4 Å². The van der Waals surface area contributed by atoms with Crippen molar-refractivity contribution in [3.8, 4) is 0 Å². The minimum Gasteiger partial charge on any atom is -0.462 e. The Morgan fingerprint density at radius 1 is 0.868 bits per heavy atom. The molecule has 0 aromatic carbocycles. The molecule has 17 nitrogen and oxygen atoms in total. The molecule has 1 heterocycles. The van der Waals surface area contributed by atoms with Crippen molar-refractivity contribution < 1.29 is 67.3 Å². The van der Waals surface area contributed by atoms with E-state index in [1.165, 1.54) is 25.0 Å². The van der Waals surface area contributed by atoms with Crippen LogP contribution < -0.4 is 0 Å². The van der Waals surface area contributed by atoms with Crippen LogP contribution in [0.3, 0.4) is 0 Å². The summed E-state index contributed by atoms with van der Waals surface area (Å²) in [4.78, 5) is 69.3. The largest absolute Gasteiger partial charge is 0.462 e. The standard InChI is InChI=1S/C59H101N3O14/c1-38-27-28-39(2)50(72-18)31-29-40(3)56(67)44(7)52(76-59(69)49(36-70-16)61(13)14)24-20-19-21-26-54(65)74-51(25-22-23-48(35-38)71-17)43(6)55(66)41(4)30-32-53(75-58(68)46(9)60(11)12)45(8)57(73-47(10)64)42(5)33-34-62(15)37-63/h19-23,26,28,33-34,37-38,40-46,48-53,55-57,66-67H,24-25,27,29-32,35-36H2,1-18H3/b20-19+,23-22+,26-21+,34-33+,39-28+/t38-,40-,41+,42-,43-,44-,45+,46+,48+,49?,50+,51+,52-,53-,55+,56-,57-/m1/s1. The number of esters is 4. The molecule has 0 bridgehead atoms. The molecule has 76 heavy (non-hydrogen) atoms. The van der Waals surface area contributed by atoms with Crippen LogP contribution in [0.25, 0.3) is 0 Å². The van der Waals surface area contributed by atoms with E-state index < -0.39 is 90.3 Å². The molecule has 2 N–H and O–H groups in total. The van der Waals surface area contributed by atoms with Gasteiger partial charge in [-0.05, 0) is 104 Å². The smallest absolute Gasteiger partial charge is 0.331 e. The lowest BCUT2D eigenvalue weighted by molar-refractivity contribution is -0.166. The number of likely N-dealkylation sites (N-methyl/N-ethyl adjacent to an activating group) is 2. The van der Waals surface area contributed by atoms with Gasteiger partial charge in [0.05, 0.1) is 31.0 Å². The van der Waals surface area contributed by atoms with E-state index in [4.69, 9.17) is 33.2 Å². The zero-order valence-electron chi connectivity index (χ0n) is 49.6. The average Bonchev–Trinajstić information content (AvgIpc) is 3.38. The van der Waals surface area contributed by atoms with Gasteiger partial charge in [-0.2, -0.15) is 0 Å². The first-order valence-corrected chi connectivity index (χ1v) is 27.3. The summed E-state index contributed by atoms with van der Waals surface area (Å²) < 4.78 is 41.5. The van der Waals surface area contributed by atoms with Gasteiger partial charge in [0.15, 0.2) is 0 Å². The minimum atomic E-state index is -0.973. The molecule has 0 aliphatic carbocycles. The van der Waals surface area contributed by atoms with E-state index in [1.54, 1.807) is 96.7 Å². The van der Waals surface area contributed by atoms with Crippen molar-refractivity contribution >= 4 is 30.3 Å². The zero-order chi connectivity index (χ0) is 57.8. The summed E-state index contributed by atoms with van der Waals surface area (Å²) in [5.41, 5.74) is 1.10. The second kappa shape index (κ2) is 36.8. The molecule has 0 saturated heterocycles. The number of hydrogen-bond acceptors (Lipinski definition) is 16. The van der Waals surface area contributed by atoms with Gasteiger partial charge in [-0.25, -0.2) is 4.79 Å². The van der Waals surface area contributed by atoms with Crippen molar-refractivity contribution in [1.82, 2.24) is 14.7 Å². The molecule has 1 amide bonds. The number of carbonyl (C=O) groups is 5. The van der Waals surface area contributed by atoms with Gasteiger partial charge in [0.25, 0.3) is 0 Å². The number of nitrogens with zero attached hydrogens (tertiary/aromatic N) is 3. The maximum Gasteiger partial charge on any atom is 0.331 e. The predicted octanol–water partition coefficient (Wildman–Crippen LogP) is 7.74. The lowest BCUT2D eigenvalue weighted by atomic mass is 9.82. The van der Waals surface area contributed by atoms with Crippen LogP contribution in [0.4, 0.5) is 0 Å². The second-order valence-electron chi connectivity index (χ2n) is 21.9. The van der Waals surface area contributed by atoms with Crippen molar-refractivity contribution in [2.75, 3.05) is 63.2 Å². The first-order valence-electron chi connectivity index (χ1n) is 27.3. The highest BCUT2D eigenvalue weighted by molar-refractivity contribution is 5.82. The first kappa shape index (κ1) is 69.8. The molecule has 0 aromatic rings. The van der Waals surface area contributed by atoms with E-state index in [0.29, 0.717) is 32.1 Å². The van der Waals surface area contributed by atoms with Crippen LogP contribution in [0.2, 0.25) is 0 Å². The van der Waals surface area contributed by atoms with E-state index in [9.17, 15) is 34.2 Å². The number of rotatable bonds is 23.